The first-order chi connectivity index (χ1) is 8.81. The van der Waals surface area contributed by atoms with Crippen LogP contribution >= 0.6 is 11.3 Å². The minimum absolute atomic E-state index is 0.0542. The zero-order valence-corrected chi connectivity index (χ0v) is 10.8. The molecule has 0 saturated carbocycles. The van der Waals surface area contributed by atoms with Crippen molar-refractivity contribution >= 4 is 17.2 Å². The van der Waals surface area contributed by atoms with Crippen LogP contribution in [0, 0.1) is 11.8 Å². The average molecular weight is 265 g/mol. The van der Waals surface area contributed by atoms with Gasteiger partial charge in [0.25, 0.3) is 5.91 Å². The van der Waals surface area contributed by atoms with E-state index in [-0.39, 0.29) is 12.5 Å². The zero-order chi connectivity index (χ0) is 12.8. The number of aliphatic hydroxyl groups is 1. The molecule has 1 N–H and O–H groups in total. The molecule has 0 aromatic carbocycles. The number of aliphatic hydroxyl groups excluding tert-OH is 1. The quantitative estimate of drug-likeness (QED) is 0.810. The maximum atomic E-state index is 12.1. The van der Waals surface area contributed by atoms with Gasteiger partial charge in [0.2, 0.25) is 0 Å². The highest BCUT2D eigenvalue weighted by Gasteiger charge is 2.19. The third-order valence-corrected chi connectivity index (χ3v) is 3.55. The van der Waals surface area contributed by atoms with E-state index in [1.807, 2.05) is 12.1 Å². The van der Waals surface area contributed by atoms with Gasteiger partial charge in [-0.2, -0.15) is 0 Å². The summed E-state index contributed by atoms with van der Waals surface area (Å²) in [6.07, 6.45) is 0.463. The van der Waals surface area contributed by atoms with Gasteiger partial charge < -0.3 is 14.7 Å². The fraction of sp³-hybridized carbons (Fsp3) is 0.462. The number of carbonyl (C=O) groups excluding carboxylic acids is 1. The van der Waals surface area contributed by atoms with Gasteiger partial charge in [-0.05, 0) is 12.1 Å². The summed E-state index contributed by atoms with van der Waals surface area (Å²) in [5, 5.41) is 8.64. The van der Waals surface area contributed by atoms with Crippen LogP contribution in [0.15, 0.2) is 12.1 Å². The van der Waals surface area contributed by atoms with Gasteiger partial charge in [-0.15, -0.1) is 11.3 Å². The van der Waals surface area contributed by atoms with Crippen LogP contribution in [0.3, 0.4) is 0 Å². The van der Waals surface area contributed by atoms with Crippen molar-refractivity contribution in [1.82, 2.24) is 4.90 Å². The van der Waals surface area contributed by atoms with E-state index in [1.54, 1.807) is 4.90 Å². The molecule has 0 unspecified atom stereocenters. The van der Waals surface area contributed by atoms with Crippen molar-refractivity contribution in [2.75, 3.05) is 32.9 Å². The smallest absolute Gasteiger partial charge is 0.264 e. The van der Waals surface area contributed by atoms with Gasteiger partial charge in [-0.1, -0.05) is 11.8 Å². The van der Waals surface area contributed by atoms with Crippen LogP contribution < -0.4 is 0 Å². The molecular weight excluding hydrogens is 250 g/mol. The lowest BCUT2D eigenvalue weighted by atomic mass is 10.3. The minimum atomic E-state index is 0.0542. The van der Waals surface area contributed by atoms with Gasteiger partial charge >= 0.3 is 0 Å². The SMILES string of the molecule is O=C(c1ccc(C#CCCO)s1)N1CCOCC1. The molecule has 0 spiro atoms. The lowest BCUT2D eigenvalue weighted by Crippen LogP contribution is -2.40. The maximum Gasteiger partial charge on any atom is 0.264 e. The molecule has 4 nitrogen and oxygen atoms in total. The van der Waals surface area contributed by atoms with Crippen molar-refractivity contribution < 1.29 is 14.6 Å². The van der Waals surface area contributed by atoms with Gasteiger partial charge in [-0.3, -0.25) is 4.79 Å². The molecule has 1 fully saturated rings. The van der Waals surface area contributed by atoms with Gasteiger partial charge in [0, 0.05) is 19.5 Å². The molecule has 0 bridgehead atoms. The Morgan fingerprint density at radius 3 is 2.94 bits per heavy atom. The number of thiophene rings is 1. The van der Waals surface area contributed by atoms with Crippen LogP contribution in [0.2, 0.25) is 0 Å². The summed E-state index contributed by atoms with van der Waals surface area (Å²) in [7, 11) is 0. The number of amides is 1. The van der Waals surface area contributed by atoms with Gasteiger partial charge in [-0.25, -0.2) is 0 Å². The Balaban J connectivity index is 2.01. The number of hydrogen-bond acceptors (Lipinski definition) is 4. The molecule has 2 heterocycles. The Labute approximate surface area is 110 Å². The molecule has 0 aliphatic carbocycles. The van der Waals surface area contributed by atoms with Gasteiger partial charge in [0.05, 0.1) is 29.6 Å². The highest BCUT2D eigenvalue weighted by atomic mass is 32.1. The van der Waals surface area contributed by atoms with Crippen molar-refractivity contribution in [2.45, 2.75) is 6.42 Å². The van der Waals surface area contributed by atoms with Gasteiger partial charge in [0.1, 0.15) is 0 Å². The number of ether oxygens (including phenoxy) is 1. The fourth-order valence-corrected chi connectivity index (χ4v) is 2.50. The fourth-order valence-electron chi connectivity index (χ4n) is 1.65. The summed E-state index contributed by atoms with van der Waals surface area (Å²) in [5.74, 6) is 5.84. The molecule has 0 atom stereocenters. The van der Waals surface area contributed by atoms with E-state index in [0.29, 0.717) is 37.6 Å². The highest BCUT2D eigenvalue weighted by molar-refractivity contribution is 7.14. The van der Waals surface area contributed by atoms with E-state index >= 15 is 0 Å². The lowest BCUT2D eigenvalue weighted by molar-refractivity contribution is 0.0306. The Bertz CT molecular complexity index is 466. The molecule has 1 aliphatic rings. The molecule has 1 amide bonds. The average Bonchev–Trinajstić information content (AvgIpc) is 2.88. The summed E-state index contributed by atoms with van der Waals surface area (Å²) in [6, 6.07) is 3.66. The van der Waals surface area contributed by atoms with Crippen molar-refractivity contribution in [1.29, 1.82) is 0 Å². The Hall–Kier alpha value is -1.35. The van der Waals surface area contributed by atoms with E-state index in [1.165, 1.54) is 11.3 Å². The van der Waals surface area contributed by atoms with Crippen molar-refractivity contribution in [3.05, 3.63) is 21.9 Å². The van der Waals surface area contributed by atoms with E-state index in [9.17, 15) is 4.79 Å². The van der Waals surface area contributed by atoms with E-state index in [2.05, 4.69) is 11.8 Å². The lowest BCUT2D eigenvalue weighted by Gasteiger charge is -2.26. The monoisotopic (exact) mass is 265 g/mol. The van der Waals surface area contributed by atoms with Crippen LogP contribution in [0.5, 0.6) is 0 Å². The van der Waals surface area contributed by atoms with Crippen LogP contribution in [0.1, 0.15) is 21.0 Å². The topological polar surface area (TPSA) is 49.8 Å². The zero-order valence-electron chi connectivity index (χ0n) is 10.0. The third-order valence-electron chi connectivity index (χ3n) is 2.56. The summed E-state index contributed by atoms with van der Waals surface area (Å²) >= 11 is 1.40. The Morgan fingerprint density at radius 2 is 2.22 bits per heavy atom. The number of carbonyl (C=O) groups is 1. The highest BCUT2D eigenvalue weighted by Crippen LogP contribution is 2.18. The van der Waals surface area contributed by atoms with Crippen LogP contribution in [0.4, 0.5) is 0 Å². The first kappa shape index (κ1) is 13.1. The van der Waals surface area contributed by atoms with E-state index in [0.717, 1.165) is 4.88 Å². The van der Waals surface area contributed by atoms with E-state index < -0.39 is 0 Å². The first-order valence-electron chi connectivity index (χ1n) is 5.88. The predicted octanol–water partition coefficient (Wildman–Crippen LogP) is 0.954. The molecule has 1 aromatic rings. The molecule has 96 valence electrons. The maximum absolute atomic E-state index is 12.1. The van der Waals surface area contributed by atoms with Gasteiger partial charge in [0.15, 0.2) is 0 Å². The van der Waals surface area contributed by atoms with Crippen LogP contribution in [-0.2, 0) is 4.74 Å². The number of rotatable bonds is 2. The van der Waals surface area contributed by atoms with Crippen molar-refractivity contribution in [2.24, 2.45) is 0 Å². The van der Waals surface area contributed by atoms with Crippen LogP contribution in [0.25, 0.3) is 0 Å². The molecule has 5 heteroatoms. The second kappa shape index (κ2) is 6.55. The molecule has 1 saturated heterocycles. The normalized spacial score (nSPS) is 15.1. The summed E-state index contributed by atoms with van der Waals surface area (Å²) in [4.78, 5) is 15.5. The summed E-state index contributed by atoms with van der Waals surface area (Å²) in [6.45, 7) is 2.60. The summed E-state index contributed by atoms with van der Waals surface area (Å²) in [5.41, 5.74) is 0. The second-order valence-electron chi connectivity index (χ2n) is 3.84. The predicted molar refractivity (Wildman–Crippen MR) is 69.6 cm³/mol. The standard InChI is InChI=1S/C13H15NO3S/c15-8-2-1-3-11-4-5-12(18-11)13(16)14-6-9-17-10-7-14/h4-5,15H,2,6-10H2. The molecule has 18 heavy (non-hydrogen) atoms. The molecular formula is C13H15NO3S. The third kappa shape index (κ3) is 3.33. The van der Waals surface area contributed by atoms with E-state index in [4.69, 9.17) is 9.84 Å². The minimum Gasteiger partial charge on any atom is -0.395 e. The second-order valence-corrected chi connectivity index (χ2v) is 4.93. The summed E-state index contributed by atoms with van der Waals surface area (Å²) < 4.78 is 5.22. The first-order valence-corrected chi connectivity index (χ1v) is 6.69. The molecule has 1 aliphatic heterocycles. The molecule has 2 rings (SSSR count). The Morgan fingerprint density at radius 1 is 1.44 bits per heavy atom. The molecule has 1 aromatic heterocycles. The van der Waals surface area contributed by atoms with Crippen molar-refractivity contribution in [3.63, 3.8) is 0 Å². The van der Waals surface area contributed by atoms with Crippen LogP contribution in [-0.4, -0.2) is 48.8 Å². The largest absolute Gasteiger partial charge is 0.395 e. The number of morpholine rings is 1. The molecule has 0 radical (unpaired) electrons. The Kier molecular flexibility index (Phi) is 4.76. The number of nitrogens with zero attached hydrogens (tertiary/aromatic N) is 1. The number of hydrogen-bond donors (Lipinski definition) is 1. The van der Waals surface area contributed by atoms with Crippen molar-refractivity contribution in [3.8, 4) is 11.8 Å².